The summed E-state index contributed by atoms with van der Waals surface area (Å²) >= 11 is 2.36. The van der Waals surface area contributed by atoms with Crippen molar-refractivity contribution in [3.05, 3.63) is 40.4 Å². The number of primary amides is 1. The average Bonchev–Trinajstić information content (AvgIpc) is 3.33. The van der Waals surface area contributed by atoms with Gasteiger partial charge in [0.1, 0.15) is 11.6 Å². The van der Waals surface area contributed by atoms with Crippen molar-refractivity contribution in [2.75, 3.05) is 32.0 Å². The lowest BCUT2D eigenvalue weighted by Crippen LogP contribution is -2.42. The third-order valence-corrected chi connectivity index (χ3v) is 8.42. The number of ether oxygens (including phenoxy) is 3. The summed E-state index contributed by atoms with van der Waals surface area (Å²) in [5.74, 6) is 0.107. The molecule has 1 amide bonds. The van der Waals surface area contributed by atoms with E-state index in [0.29, 0.717) is 56.4 Å². The number of nitriles is 1. The second kappa shape index (κ2) is 10.5. The van der Waals surface area contributed by atoms with E-state index >= 15 is 0 Å². The van der Waals surface area contributed by atoms with Gasteiger partial charge in [-0.25, -0.2) is 0 Å². The Morgan fingerprint density at radius 1 is 1.18 bits per heavy atom. The molecule has 11 nitrogen and oxygen atoms in total. The zero-order chi connectivity index (χ0) is 27.8. The summed E-state index contributed by atoms with van der Waals surface area (Å²) in [6.07, 6.45) is 0.795. The number of aromatic nitrogens is 2. The van der Waals surface area contributed by atoms with Gasteiger partial charge >= 0.3 is 0 Å². The van der Waals surface area contributed by atoms with Crippen molar-refractivity contribution < 1.29 is 23.8 Å². The minimum absolute atomic E-state index is 0.0457. The van der Waals surface area contributed by atoms with E-state index in [9.17, 15) is 14.9 Å². The van der Waals surface area contributed by atoms with Crippen LogP contribution in [0.1, 0.15) is 38.2 Å². The molecular formula is C25H28N6O5S2. The van der Waals surface area contributed by atoms with Crippen LogP contribution in [0.25, 0.3) is 0 Å². The van der Waals surface area contributed by atoms with Gasteiger partial charge in [-0.15, -0.1) is 10.2 Å². The molecule has 0 saturated carbocycles. The predicted molar refractivity (Wildman–Crippen MR) is 143 cm³/mol. The number of ketones is 1. The SMILES string of the molecule is COc1cc(OC)c(C2C(C#N)=C(N)N(c3nnc(SCC(N)=O)s3)C3=C2C(=O)CC(C)(C)C3)cc1OC. The summed E-state index contributed by atoms with van der Waals surface area (Å²) in [6.45, 7) is 4.01. The van der Waals surface area contributed by atoms with Gasteiger partial charge in [0.15, 0.2) is 21.6 Å². The fourth-order valence-electron chi connectivity index (χ4n) is 4.80. The van der Waals surface area contributed by atoms with Gasteiger partial charge in [-0.3, -0.25) is 14.5 Å². The molecule has 0 radical (unpaired) electrons. The summed E-state index contributed by atoms with van der Waals surface area (Å²) < 4.78 is 17.1. The smallest absolute Gasteiger partial charge is 0.227 e. The number of allylic oxidation sites excluding steroid dienone is 3. The van der Waals surface area contributed by atoms with Gasteiger partial charge in [0.25, 0.3) is 0 Å². The van der Waals surface area contributed by atoms with Crippen LogP contribution in [0.5, 0.6) is 17.2 Å². The Hall–Kier alpha value is -3.76. The highest BCUT2D eigenvalue weighted by Gasteiger charge is 2.46. The first kappa shape index (κ1) is 27.3. The first-order valence-electron chi connectivity index (χ1n) is 11.6. The van der Waals surface area contributed by atoms with Crippen LogP contribution in [-0.2, 0) is 9.59 Å². The number of hydrogen-bond acceptors (Lipinski definition) is 12. The van der Waals surface area contributed by atoms with E-state index in [1.807, 2.05) is 13.8 Å². The van der Waals surface area contributed by atoms with Crippen LogP contribution >= 0.6 is 23.1 Å². The highest BCUT2D eigenvalue weighted by Crippen LogP contribution is 2.53. The summed E-state index contributed by atoms with van der Waals surface area (Å²) in [7, 11) is 4.53. The molecular weight excluding hydrogens is 528 g/mol. The molecule has 1 aromatic carbocycles. The van der Waals surface area contributed by atoms with E-state index in [2.05, 4.69) is 16.3 Å². The van der Waals surface area contributed by atoms with Crippen LogP contribution in [0, 0.1) is 16.7 Å². The maximum Gasteiger partial charge on any atom is 0.227 e. The Morgan fingerprint density at radius 3 is 2.45 bits per heavy atom. The number of nitrogens with two attached hydrogens (primary N) is 2. The fraction of sp³-hybridized carbons (Fsp3) is 0.400. The normalized spacial score (nSPS) is 18.7. The van der Waals surface area contributed by atoms with Crippen LogP contribution in [0.4, 0.5) is 5.13 Å². The molecule has 1 aromatic heterocycles. The molecule has 200 valence electrons. The molecule has 2 heterocycles. The molecule has 0 bridgehead atoms. The lowest BCUT2D eigenvalue weighted by atomic mass is 9.68. The molecule has 0 fully saturated rings. The number of hydrogen-bond donors (Lipinski definition) is 2. The highest BCUT2D eigenvalue weighted by molar-refractivity contribution is 8.01. The molecule has 2 aromatic rings. The number of amides is 1. The Kier molecular flexibility index (Phi) is 7.57. The van der Waals surface area contributed by atoms with Crippen molar-refractivity contribution in [3.8, 4) is 23.3 Å². The van der Waals surface area contributed by atoms with E-state index in [1.54, 1.807) is 17.0 Å². The first-order valence-corrected chi connectivity index (χ1v) is 13.4. The van der Waals surface area contributed by atoms with Gasteiger partial charge in [0, 0.05) is 29.3 Å². The van der Waals surface area contributed by atoms with Crippen LogP contribution in [0.15, 0.2) is 39.1 Å². The maximum atomic E-state index is 13.8. The van der Waals surface area contributed by atoms with Crippen LogP contribution in [0.2, 0.25) is 0 Å². The summed E-state index contributed by atoms with van der Waals surface area (Å²) in [6, 6.07) is 5.60. The van der Waals surface area contributed by atoms with Crippen molar-refractivity contribution in [1.82, 2.24) is 10.2 Å². The Balaban J connectivity index is 1.96. The zero-order valence-corrected chi connectivity index (χ0v) is 23.3. The largest absolute Gasteiger partial charge is 0.496 e. The third kappa shape index (κ3) is 4.89. The lowest BCUT2D eigenvalue weighted by molar-refractivity contribution is -0.118. The van der Waals surface area contributed by atoms with E-state index < -0.39 is 11.8 Å². The Bertz CT molecular complexity index is 1410. The second-order valence-electron chi connectivity index (χ2n) is 9.54. The van der Waals surface area contributed by atoms with E-state index in [4.69, 9.17) is 25.7 Å². The van der Waals surface area contributed by atoms with Crippen LogP contribution in [-0.4, -0.2) is 49.0 Å². The van der Waals surface area contributed by atoms with E-state index in [1.165, 1.54) is 32.7 Å². The second-order valence-corrected chi connectivity index (χ2v) is 11.7. The third-order valence-electron chi connectivity index (χ3n) is 6.35. The topological polar surface area (TPSA) is 167 Å². The number of rotatable bonds is 8. The molecule has 4 N–H and O–H groups in total. The van der Waals surface area contributed by atoms with Crippen molar-refractivity contribution >= 4 is 39.9 Å². The van der Waals surface area contributed by atoms with Gasteiger partial charge in [-0.05, 0) is 17.9 Å². The number of benzene rings is 1. The Morgan fingerprint density at radius 2 is 1.84 bits per heavy atom. The molecule has 2 aliphatic rings. The Labute approximate surface area is 228 Å². The minimum atomic E-state index is -0.791. The summed E-state index contributed by atoms with van der Waals surface area (Å²) in [4.78, 5) is 26.7. The number of nitrogens with zero attached hydrogens (tertiary/aromatic N) is 4. The monoisotopic (exact) mass is 556 g/mol. The van der Waals surface area contributed by atoms with Gasteiger partial charge in [-0.1, -0.05) is 36.9 Å². The van der Waals surface area contributed by atoms with Crippen molar-refractivity contribution in [2.24, 2.45) is 16.9 Å². The summed E-state index contributed by atoms with van der Waals surface area (Å²) in [5, 5.41) is 19.2. The number of methoxy groups -OCH3 is 3. The molecule has 1 aliphatic heterocycles. The molecule has 38 heavy (non-hydrogen) atoms. The number of anilines is 1. The zero-order valence-electron chi connectivity index (χ0n) is 21.7. The van der Waals surface area contributed by atoms with Crippen LogP contribution < -0.4 is 30.6 Å². The molecule has 1 atom stereocenters. The lowest BCUT2D eigenvalue weighted by Gasteiger charge is -2.42. The van der Waals surface area contributed by atoms with Gasteiger partial charge in [0.2, 0.25) is 11.0 Å². The van der Waals surface area contributed by atoms with Crippen molar-refractivity contribution in [2.45, 2.75) is 36.9 Å². The standard InChI is InChI=1S/C25H28N6O5S2/c1-25(2)8-14-21(15(32)9-25)20(12-6-17(35-4)18(36-5)7-16(12)34-3)13(10-26)22(28)31(14)23-29-30-24(38-23)37-11-19(27)33/h6-7,20H,8-9,11,28H2,1-5H3,(H2,27,33). The maximum absolute atomic E-state index is 13.8. The fourth-order valence-corrected chi connectivity index (χ4v) is 6.42. The molecule has 13 heteroatoms. The number of carbonyl (C=O) groups is 2. The first-order chi connectivity index (χ1) is 18.0. The van der Waals surface area contributed by atoms with Crippen molar-refractivity contribution in [3.63, 3.8) is 0 Å². The molecule has 0 saturated heterocycles. The number of carbonyl (C=O) groups excluding carboxylic acids is 2. The number of Topliss-reactive ketones (excluding diaryl/α,β-unsaturated/α-hetero) is 1. The summed E-state index contributed by atoms with van der Waals surface area (Å²) in [5.41, 5.74) is 13.4. The van der Waals surface area contributed by atoms with Crippen LogP contribution in [0.3, 0.4) is 0 Å². The van der Waals surface area contributed by atoms with Gasteiger partial charge in [-0.2, -0.15) is 5.26 Å². The predicted octanol–water partition coefficient (Wildman–Crippen LogP) is 3.08. The number of thioether (sulfide) groups is 1. The minimum Gasteiger partial charge on any atom is -0.496 e. The average molecular weight is 557 g/mol. The quantitative estimate of drug-likeness (QED) is 0.459. The molecule has 1 aliphatic carbocycles. The van der Waals surface area contributed by atoms with Crippen molar-refractivity contribution in [1.29, 1.82) is 5.26 Å². The van der Waals surface area contributed by atoms with Gasteiger partial charge in [0.05, 0.1) is 44.6 Å². The highest BCUT2D eigenvalue weighted by atomic mass is 32.2. The molecule has 4 rings (SSSR count). The molecule has 1 unspecified atom stereocenters. The van der Waals surface area contributed by atoms with Gasteiger partial charge < -0.3 is 25.7 Å². The van der Waals surface area contributed by atoms with E-state index in [0.717, 1.165) is 11.8 Å². The van der Waals surface area contributed by atoms with E-state index in [-0.39, 0.29) is 28.3 Å². The molecule has 0 spiro atoms.